The summed E-state index contributed by atoms with van der Waals surface area (Å²) in [5, 5.41) is 11.5. The van der Waals surface area contributed by atoms with Crippen LogP contribution < -0.4 is 0 Å². The molecule has 0 aliphatic carbocycles. The average Bonchev–Trinajstić information content (AvgIpc) is 1.96. The highest BCUT2D eigenvalue weighted by Crippen LogP contribution is 2.05. The van der Waals surface area contributed by atoms with Crippen molar-refractivity contribution in [3.8, 4) is 0 Å². The third-order valence-electron chi connectivity index (χ3n) is 1.39. The zero-order chi connectivity index (χ0) is 11.2. The second kappa shape index (κ2) is 5.31. The van der Waals surface area contributed by atoms with Crippen molar-refractivity contribution in [2.24, 2.45) is 5.28 Å². The number of aliphatic carboxylic acids is 1. The lowest BCUT2D eigenvalue weighted by Gasteiger charge is -2.27. The summed E-state index contributed by atoms with van der Waals surface area (Å²) in [7, 11) is 5.69. The molecule has 0 aromatic carbocycles. The minimum atomic E-state index is -0.975. The molecule has 7 heteroatoms. The van der Waals surface area contributed by atoms with Crippen molar-refractivity contribution >= 4 is 5.97 Å². The molecule has 14 heavy (non-hydrogen) atoms. The molecule has 7 nitrogen and oxygen atoms in total. The maximum atomic E-state index is 10.4. The number of nitrogens with zero attached hydrogens (tertiary/aromatic N) is 4. The van der Waals surface area contributed by atoms with Crippen molar-refractivity contribution < 1.29 is 19.2 Å². The van der Waals surface area contributed by atoms with Gasteiger partial charge in [-0.3, -0.25) is 4.79 Å². The van der Waals surface area contributed by atoms with Crippen molar-refractivity contribution in [2.45, 2.75) is 12.5 Å². The number of carbonyl (C=O) groups is 1. The van der Waals surface area contributed by atoms with Gasteiger partial charge in [-0.15, -0.1) is 0 Å². The van der Waals surface area contributed by atoms with Crippen LogP contribution in [-0.2, 0) is 9.63 Å². The van der Waals surface area contributed by atoms with Crippen LogP contribution in [0.3, 0.4) is 0 Å². The van der Waals surface area contributed by atoms with Crippen LogP contribution in [0, 0.1) is 0 Å². The van der Waals surface area contributed by atoms with Gasteiger partial charge >= 0.3 is 5.97 Å². The summed E-state index contributed by atoms with van der Waals surface area (Å²) in [6.07, 6.45) is -0.766. The summed E-state index contributed by atoms with van der Waals surface area (Å²) in [5.41, 5.74) is 8.03. The summed E-state index contributed by atoms with van der Waals surface area (Å²) in [6, 6.07) is 0. The Hall–Kier alpha value is -1.46. The van der Waals surface area contributed by atoms with Crippen molar-refractivity contribution in [2.75, 3.05) is 27.7 Å². The topological polar surface area (TPSA) is 95.3 Å². The first-order valence-corrected chi connectivity index (χ1v) is 4.07. The second-order valence-electron chi connectivity index (χ2n) is 3.97. The van der Waals surface area contributed by atoms with Gasteiger partial charge in [0.15, 0.2) is 6.10 Å². The summed E-state index contributed by atoms with van der Waals surface area (Å²) < 4.78 is 0.541. The summed E-state index contributed by atoms with van der Waals surface area (Å²) >= 11 is 0. The fourth-order valence-corrected chi connectivity index (χ4v) is 1.03. The molecule has 0 heterocycles. The van der Waals surface area contributed by atoms with Crippen LogP contribution in [0.25, 0.3) is 10.4 Å². The third kappa shape index (κ3) is 7.20. The van der Waals surface area contributed by atoms with E-state index in [-0.39, 0.29) is 6.42 Å². The maximum absolute atomic E-state index is 10.4. The molecule has 0 bridgehead atoms. The molecular weight excluding hydrogens is 188 g/mol. The molecule has 0 aromatic heterocycles. The SMILES string of the molecule is C[N+](C)(C)CC(CC(=O)O)ON=[N+]=[N-]. The number of likely N-dealkylation sites (N-methyl/N-ethyl adjacent to an activating group) is 1. The van der Waals surface area contributed by atoms with Crippen LogP contribution in [-0.4, -0.2) is 49.4 Å². The van der Waals surface area contributed by atoms with E-state index < -0.39 is 12.1 Å². The largest absolute Gasteiger partial charge is 0.481 e. The normalized spacial score (nSPS) is 12.8. The van der Waals surface area contributed by atoms with Crippen molar-refractivity contribution in [3.05, 3.63) is 10.4 Å². The molecule has 0 fully saturated rings. The summed E-state index contributed by atoms with van der Waals surface area (Å²) in [6.45, 7) is 0.464. The number of rotatable bonds is 6. The van der Waals surface area contributed by atoms with E-state index in [1.807, 2.05) is 21.1 Å². The number of hydrogen-bond donors (Lipinski definition) is 1. The van der Waals surface area contributed by atoms with Crippen molar-refractivity contribution in [1.29, 1.82) is 0 Å². The van der Waals surface area contributed by atoms with E-state index in [9.17, 15) is 4.79 Å². The lowest BCUT2D eigenvalue weighted by molar-refractivity contribution is -0.873. The minimum Gasteiger partial charge on any atom is -0.481 e. The summed E-state index contributed by atoms with van der Waals surface area (Å²) in [4.78, 5) is 17.5. The van der Waals surface area contributed by atoms with Gasteiger partial charge in [-0.1, -0.05) is 0 Å². The minimum absolute atomic E-state index is 0.172. The maximum Gasteiger partial charge on any atom is 0.307 e. The first-order chi connectivity index (χ1) is 6.35. The molecule has 0 aliphatic heterocycles. The number of azide groups is 1. The zero-order valence-corrected chi connectivity index (χ0v) is 8.54. The van der Waals surface area contributed by atoms with Gasteiger partial charge < -0.3 is 14.4 Å². The van der Waals surface area contributed by atoms with Gasteiger partial charge in [0.25, 0.3) is 0 Å². The predicted octanol–water partition coefficient (Wildman–Crippen LogP) is 0.778. The van der Waals surface area contributed by atoms with Crippen molar-refractivity contribution in [3.63, 3.8) is 0 Å². The Bertz CT molecular complexity index is 238. The molecule has 0 spiro atoms. The number of quaternary nitrogens is 1. The molecule has 1 unspecified atom stereocenters. The van der Waals surface area contributed by atoms with Gasteiger partial charge in [-0.05, 0) is 5.53 Å². The zero-order valence-electron chi connectivity index (χ0n) is 8.54. The molecule has 80 valence electrons. The van der Waals surface area contributed by atoms with E-state index in [1.54, 1.807) is 0 Å². The first kappa shape index (κ1) is 12.5. The summed E-state index contributed by atoms with van der Waals surface area (Å²) in [5.74, 6) is -0.975. The average molecular weight is 203 g/mol. The van der Waals surface area contributed by atoms with Crippen LogP contribution in [0.15, 0.2) is 5.28 Å². The van der Waals surface area contributed by atoms with Gasteiger partial charge in [-0.2, -0.15) is 0 Å². The van der Waals surface area contributed by atoms with Gasteiger partial charge in [-0.25, -0.2) is 0 Å². The Kier molecular flexibility index (Phi) is 4.76. The Morgan fingerprint density at radius 1 is 1.64 bits per heavy atom. The number of hydrogen-bond acceptors (Lipinski definition) is 3. The second-order valence-corrected chi connectivity index (χ2v) is 3.97. The van der Waals surface area contributed by atoms with Crippen LogP contribution >= 0.6 is 0 Å². The van der Waals surface area contributed by atoms with Gasteiger partial charge in [0.1, 0.15) is 11.8 Å². The standard InChI is InChI=1S/C7H14N4O3/c1-11(2,3)5-6(4-7(12)13)14-10-9-8/h6H,4-5H2,1-3H3/p+1. The molecule has 1 atom stereocenters. The Labute approximate surface area is 82.1 Å². The van der Waals surface area contributed by atoms with E-state index >= 15 is 0 Å². The van der Waals surface area contributed by atoms with E-state index in [0.717, 1.165) is 0 Å². The molecule has 0 rings (SSSR count). The van der Waals surface area contributed by atoms with Crippen LogP contribution in [0.1, 0.15) is 6.42 Å². The molecule has 1 N–H and O–H groups in total. The molecule has 0 saturated carbocycles. The monoisotopic (exact) mass is 203 g/mol. The first-order valence-electron chi connectivity index (χ1n) is 4.07. The fraction of sp³-hybridized carbons (Fsp3) is 0.857. The smallest absolute Gasteiger partial charge is 0.307 e. The van der Waals surface area contributed by atoms with Gasteiger partial charge in [0.2, 0.25) is 0 Å². The third-order valence-corrected chi connectivity index (χ3v) is 1.39. The highest BCUT2D eigenvalue weighted by Gasteiger charge is 2.21. The highest BCUT2D eigenvalue weighted by atomic mass is 16.7. The van der Waals surface area contributed by atoms with E-state index in [0.29, 0.717) is 11.0 Å². The van der Waals surface area contributed by atoms with E-state index in [4.69, 9.17) is 15.5 Å². The Morgan fingerprint density at radius 3 is 2.57 bits per heavy atom. The Morgan fingerprint density at radius 2 is 2.21 bits per heavy atom. The lowest BCUT2D eigenvalue weighted by Crippen LogP contribution is -2.42. The number of carboxylic acid groups (broad SMARTS) is 1. The predicted molar refractivity (Wildman–Crippen MR) is 49.2 cm³/mol. The molecule has 0 amide bonds. The van der Waals surface area contributed by atoms with Gasteiger partial charge in [0, 0.05) is 4.91 Å². The quantitative estimate of drug-likeness (QED) is 0.227. The lowest BCUT2D eigenvalue weighted by atomic mass is 10.2. The number of carboxylic acids is 1. The van der Waals surface area contributed by atoms with Crippen LogP contribution in [0.2, 0.25) is 0 Å². The van der Waals surface area contributed by atoms with Crippen LogP contribution in [0.4, 0.5) is 0 Å². The van der Waals surface area contributed by atoms with E-state index in [1.165, 1.54) is 0 Å². The Balaban J connectivity index is 4.24. The molecule has 0 radical (unpaired) electrons. The molecule has 0 aromatic rings. The van der Waals surface area contributed by atoms with Crippen molar-refractivity contribution in [1.82, 2.24) is 0 Å². The molecule has 0 aliphatic rings. The fourth-order valence-electron chi connectivity index (χ4n) is 1.03. The van der Waals surface area contributed by atoms with Gasteiger partial charge in [0.05, 0.1) is 27.6 Å². The van der Waals surface area contributed by atoms with E-state index in [2.05, 4.69) is 10.2 Å². The van der Waals surface area contributed by atoms with Crippen LogP contribution in [0.5, 0.6) is 0 Å². The molecule has 0 saturated heterocycles. The molecular formula is C7H15N4O3+. The highest BCUT2D eigenvalue weighted by molar-refractivity contribution is 5.67.